The van der Waals surface area contributed by atoms with E-state index < -0.39 is 0 Å². The number of hydrogen-bond donors (Lipinski definition) is 0. The van der Waals surface area contributed by atoms with Gasteiger partial charge in [0.25, 0.3) is 0 Å². The van der Waals surface area contributed by atoms with Gasteiger partial charge in [-0.15, -0.1) is 0 Å². The summed E-state index contributed by atoms with van der Waals surface area (Å²) in [6.45, 7) is 6.46. The fourth-order valence-electron chi connectivity index (χ4n) is 1.13. The van der Waals surface area contributed by atoms with Gasteiger partial charge in [-0.25, -0.2) is 4.98 Å². The van der Waals surface area contributed by atoms with Gasteiger partial charge in [-0.05, 0) is 15.9 Å². The second kappa shape index (κ2) is 2.63. The van der Waals surface area contributed by atoms with E-state index in [1.807, 2.05) is 17.8 Å². The minimum Gasteiger partial charge on any atom is -0.336 e. The average Bonchev–Trinajstić information content (AvgIpc) is 2.08. The Balaban J connectivity index is 3.13. The zero-order valence-corrected chi connectivity index (χ0v) is 8.94. The zero-order valence-electron chi connectivity index (χ0n) is 7.35. The van der Waals surface area contributed by atoms with Gasteiger partial charge in [-0.2, -0.15) is 0 Å². The lowest BCUT2D eigenvalue weighted by atomic mass is 9.96. The summed E-state index contributed by atoms with van der Waals surface area (Å²) >= 11 is 3.34. The number of hydrogen-bond acceptors (Lipinski definition) is 1. The molecule has 0 amide bonds. The maximum Gasteiger partial charge on any atom is 0.124 e. The molecule has 2 nitrogen and oxygen atoms in total. The van der Waals surface area contributed by atoms with Gasteiger partial charge in [0.1, 0.15) is 10.4 Å². The summed E-state index contributed by atoms with van der Waals surface area (Å²) in [6, 6.07) is 0. The van der Waals surface area contributed by atoms with Crippen LogP contribution in [0.2, 0.25) is 0 Å². The molecule has 0 N–H and O–H groups in total. The van der Waals surface area contributed by atoms with Crippen LogP contribution in [0, 0.1) is 0 Å². The molecule has 0 unspecified atom stereocenters. The highest BCUT2D eigenvalue weighted by Crippen LogP contribution is 2.22. The number of rotatable bonds is 0. The molecule has 0 aliphatic rings. The third-order valence-electron chi connectivity index (χ3n) is 1.52. The van der Waals surface area contributed by atoms with Crippen LogP contribution in [0.4, 0.5) is 0 Å². The van der Waals surface area contributed by atoms with Gasteiger partial charge in [0.15, 0.2) is 0 Å². The molecule has 0 fully saturated rings. The molecule has 0 aromatic carbocycles. The van der Waals surface area contributed by atoms with E-state index in [1.165, 1.54) is 0 Å². The monoisotopic (exact) mass is 216 g/mol. The van der Waals surface area contributed by atoms with Crippen LogP contribution in [-0.4, -0.2) is 9.55 Å². The van der Waals surface area contributed by atoms with Gasteiger partial charge in [-0.1, -0.05) is 20.8 Å². The van der Waals surface area contributed by atoms with Crippen molar-refractivity contribution in [2.24, 2.45) is 7.05 Å². The van der Waals surface area contributed by atoms with Crippen molar-refractivity contribution in [3.8, 4) is 0 Å². The molecule has 0 aliphatic carbocycles. The van der Waals surface area contributed by atoms with E-state index >= 15 is 0 Å². The van der Waals surface area contributed by atoms with E-state index in [9.17, 15) is 0 Å². The van der Waals surface area contributed by atoms with Crippen LogP contribution in [-0.2, 0) is 12.5 Å². The van der Waals surface area contributed by atoms with Gasteiger partial charge in [0.05, 0.1) is 0 Å². The Labute approximate surface area is 75.8 Å². The zero-order chi connectivity index (χ0) is 8.65. The first kappa shape index (κ1) is 8.78. The van der Waals surface area contributed by atoms with Crippen molar-refractivity contribution in [1.82, 2.24) is 9.55 Å². The third kappa shape index (κ3) is 1.83. The van der Waals surface area contributed by atoms with E-state index in [-0.39, 0.29) is 5.41 Å². The minimum absolute atomic E-state index is 0.126. The van der Waals surface area contributed by atoms with Crippen LogP contribution in [0.1, 0.15) is 26.6 Å². The minimum atomic E-state index is 0.126. The second-order valence-corrected chi connectivity index (χ2v) is 4.56. The largest absolute Gasteiger partial charge is 0.336 e. The first-order chi connectivity index (χ1) is 4.91. The van der Waals surface area contributed by atoms with Crippen molar-refractivity contribution in [3.63, 3.8) is 0 Å². The van der Waals surface area contributed by atoms with Crippen LogP contribution in [0.5, 0.6) is 0 Å². The summed E-state index contributed by atoms with van der Waals surface area (Å²) in [7, 11) is 2.01. The molecule has 0 radical (unpaired) electrons. The predicted molar refractivity (Wildman–Crippen MR) is 49.6 cm³/mol. The molecular weight excluding hydrogens is 204 g/mol. The quantitative estimate of drug-likeness (QED) is 0.652. The van der Waals surface area contributed by atoms with Crippen molar-refractivity contribution in [1.29, 1.82) is 0 Å². The summed E-state index contributed by atoms with van der Waals surface area (Å²) in [5.74, 6) is 1.10. The Kier molecular flexibility index (Phi) is 2.10. The number of nitrogens with zero attached hydrogens (tertiary/aromatic N) is 2. The van der Waals surface area contributed by atoms with Crippen molar-refractivity contribution >= 4 is 15.9 Å². The Hall–Kier alpha value is -0.310. The molecule has 11 heavy (non-hydrogen) atoms. The van der Waals surface area contributed by atoms with E-state index in [1.54, 1.807) is 0 Å². The van der Waals surface area contributed by atoms with Crippen LogP contribution < -0.4 is 0 Å². The summed E-state index contributed by atoms with van der Waals surface area (Å²) in [4.78, 5) is 4.36. The Morgan fingerprint density at radius 1 is 1.45 bits per heavy atom. The standard InChI is InChI=1S/C8H13BrN2/c1-8(2,3)7-10-6(9)5-11(7)4/h5H,1-4H3. The Morgan fingerprint density at radius 3 is 2.18 bits per heavy atom. The molecule has 1 aromatic rings. The fourth-order valence-corrected chi connectivity index (χ4v) is 1.60. The topological polar surface area (TPSA) is 17.8 Å². The lowest BCUT2D eigenvalue weighted by Gasteiger charge is -2.17. The number of halogens is 1. The van der Waals surface area contributed by atoms with Crippen molar-refractivity contribution in [2.45, 2.75) is 26.2 Å². The van der Waals surface area contributed by atoms with Gasteiger partial charge in [0, 0.05) is 18.7 Å². The van der Waals surface area contributed by atoms with Crippen LogP contribution in [0.25, 0.3) is 0 Å². The first-order valence-electron chi connectivity index (χ1n) is 3.60. The molecule has 1 aromatic heterocycles. The van der Waals surface area contributed by atoms with E-state index in [4.69, 9.17) is 0 Å². The molecule has 0 aliphatic heterocycles. The Morgan fingerprint density at radius 2 is 2.00 bits per heavy atom. The lowest BCUT2D eigenvalue weighted by molar-refractivity contribution is 0.522. The van der Waals surface area contributed by atoms with Crippen molar-refractivity contribution in [3.05, 3.63) is 16.6 Å². The van der Waals surface area contributed by atoms with Crippen molar-refractivity contribution < 1.29 is 0 Å². The van der Waals surface area contributed by atoms with E-state index in [2.05, 4.69) is 41.7 Å². The molecule has 3 heteroatoms. The summed E-state index contributed by atoms with van der Waals surface area (Å²) in [5.41, 5.74) is 0.126. The van der Waals surface area contributed by atoms with Gasteiger partial charge >= 0.3 is 0 Å². The SMILES string of the molecule is Cn1cc(Br)nc1C(C)(C)C. The molecule has 0 atom stereocenters. The first-order valence-corrected chi connectivity index (χ1v) is 4.40. The second-order valence-electron chi connectivity index (χ2n) is 3.75. The molecule has 0 saturated carbocycles. The third-order valence-corrected chi connectivity index (χ3v) is 1.90. The summed E-state index contributed by atoms with van der Waals surface area (Å²) in [6.07, 6.45) is 1.97. The van der Waals surface area contributed by atoms with Gasteiger partial charge in [0.2, 0.25) is 0 Å². The number of aromatic nitrogens is 2. The highest BCUT2D eigenvalue weighted by Gasteiger charge is 2.19. The molecule has 1 rings (SSSR count). The maximum atomic E-state index is 4.36. The molecule has 0 bridgehead atoms. The summed E-state index contributed by atoms with van der Waals surface area (Å²) in [5, 5.41) is 0. The lowest BCUT2D eigenvalue weighted by Crippen LogP contribution is -2.16. The predicted octanol–water partition coefficient (Wildman–Crippen LogP) is 2.48. The van der Waals surface area contributed by atoms with E-state index in [0.717, 1.165) is 10.4 Å². The number of aryl methyl sites for hydroxylation is 1. The molecular formula is C8H13BrN2. The maximum absolute atomic E-state index is 4.36. The van der Waals surface area contributed by atoms with Gasteiger partial charge in [-0.3, -0.25) is 0 Å². The smallest absolute Gasteiger partial charge is 0.124 e. The average molecular weight is 217 g/mol. The van der Waals surface area contributed by atoms with E-state index in [0.29, 0.717) is 0 Å². The molecule has 0 saturated heterocycles. The number of imidazole rings is 1. The highest BCUT2D eigenvalue weighted by molar-refractivity contribution is 9.10. The molecule has 0 spiro atoms. The van der Waals surface area contributed by atoms with Crippen LogP contribution in [0.15, 0.2) is 10.8 Å². The van der Waals surface area contributed by atoms with Gasteiger partial charge < -0.3 is 4.57 Å². The van der Waals surface area contributed by atoms with Crippen LogP contribution >= 0.6 is 15.9 Å². The summed E-state index contributed by atoms with van der Waals surface area (Å²) < 4.78 is 2.95. The Bertz CT molecular complexity index is 258. The molecule has 62 valence electrons. The normalized spacial score (nSPS) is 12.1. The fraction of sp³-hybridized carbons (Fsp3) is 0.625. The highest BCUT2D eigenvalue weighted by atomic mass is 79.9. The van der Waals surface area contributed by atoms with Crippen LogP contribution in [0.3, 0.4) is 0 Å². The molecule has 1 heterocycles. The van der Waals surface area contributed by atoms with Crippen molar-refractivity contribution in [2.75, 3.05) is 0 Å².